The highest BCUT2D eigenvalue weighted by Crippen LogP contribution is 2.35. The smallest absolute Gasteiger partial charge is 0.238 e. The summed E-state index contributed by atoms with van der Waals surface area (Å²) in [4.78, 5) is 12.8. The molecule has 2 aromatic carbocycles. The largest absolute Gasteiger partial charge is 0.495 e. The van der Waals surface area contributed by atoms with Crippen molar-refractivity contribution < 1.29 is 18.3 Å². The first-order chi connectivity index (χ1) is 20.0. The number of halogens is 2. The lowest BCUT2D eigenvalue weighted by Crippen LogP contribution is -2.35. The molecule has 1 aliphatic rings. The number of aromatic nitrogens is 5. The van der Waals surface area contributed by atoms with Crippen molar-refractivity contribution >= 4 is 28.1 Å². The summed E-state index contributed by atoms with van der Waals surface area (Å²) in [6.07, 6.45) is 6.54. The summed E-state index contributed by atoms with van der Waals surface area (Å²) in [5.41, 5.74) is 2.45. The van der Waals surface area contributed by atoms with Crippen LogP contribution in [0.2, 0.25) is 0 Å². The standard InChI is InChI=1S/C29H28F2N8O2/c1-17-22(30)11-19(15-33-17)39-10-7-28(38-39)41-20-3-4-24(23(31)12-20)37-29-21-13-26(36-18-5-8-32-9-6-18)27(40-2)14-25(21)34-16-35-29/h3-4,7,10-16,18,32,36H,5-6,8-9H2,1-2H3,(H,34,35,37). The van der Waals surface area contributed by atoms with Gasteiger partial charge in [-0.05, 0) is 51.1 Å². The number of pyridine rings is 1. The maximum atomic E-state index is 15.2. The SMILES string of the molecule is COc1cc2ncnc(Nc3ccc(Oc4ccn(-c5cnc(C)c(F)c5)n4)cc3F)c2cc1NC1CCNCC1. The van der Waals surface area contributed by atoms with Gasteiger partial charge in [-0.2, -0.15) is 0 Å². The molecule has 0 unspecified atom stereocenters. The third-order valence-corrected chi connectivity index (χ3v) is 6.91. The highest BCUT2D eigenvalue weighted by atomic mass is 19.1. The van der Waals surface area contributed by atoms with Crippen LogP contribution in [0, 0.1) is 18.6 Å². The molecule has 0 radical (unpaired) electrons. The van der Waals surface area contributed by atoms with E-state index in [9.17, 15) is 4.39 Å². The number of ether oxygens (including phenoxy) is 2. The van der Waals surface area contributed by atoms with Gasteiger partial charge in [0.05, 0.1) is 41.6 Å². The Kier molecular flexibility index (Phi) is 7.30. The van der Waals surface area contributed by atoms with Gasteiger partial charge in [0.1, 0.15) is 35.3 Å². The molecule has 3 N–H and O–H groups in total. The van der Waals surface area contributed by atoms with E-state index in [-0.39, 0.29) is 17.3 Å². The first-order valence-electron chi connectivity index (χ1n) is 13.2. The quantitative estimate of drug-likeness (QED) is 0.227. The molecule has 5 aromatic rings. The summed E-state index contributed by atoms with van der Waals surface area (Å²) in [5, 5.41) is 15.0. The van der Waals surface area contributed by atoms with Crippen LogP contribution in [0.3, 0.4) is 0 Å². The molecule has 0 spiro atoms. The van der Waals surface area contributed by atoms with Crippen LogP contribution in [0.15, 0.2) is 61.2 Å². The predicted molar refractivity (Wildman–Crippen MR) is 151 cm³/mol. The van der Waals surface area contributed by atoms with E-state index >= 15 is 4.39 Å². The molecule has 41 heavy (non-hydrogen) atoms. The molecule has 6 rings (SSSR count). The number of benzene rings is 2. The van der Waals surface area contributed by atoms with Gasteiger partial charge in [0, 0.05) is 41.9 Å². The summed E-state index contributed by atoms with van der Waals surface area (Å²) in [6, 6.07) is 11.5. The molecular weight excluding hydrogens is 530 g/mol. The van der Waals surface area contributed by atoms with Gasteiger partial charge in [-0.3, -0.25) is 4.98 Å². The summed E-state index contributed by atoms with van der Waals surface area (Å²) < 4.78 is 41.9. The van der Waals surface area contributed by atoms with Gasteiger partial charge in [0.15, 0.2) is 0 Å². The van der Waals surface area contributed by atoms with Crippen LogP contribution < -0.4 is 25.4 Å². The Balaban J connectivity index is 1.21. The normalized spacial score (nSPS) is 13.8. The monoisotopic (exact) mass is 558 g/mol. The third-order valence-electron chi connectivity index (χ3n) is 6.91. The number of rotatable bonds is 8. The summed E-state index contributed by atoms with van der Waals surface area (Å²) in [7, 11) is 1.62. The van der Waals surface area contributed by atoms with Crippen molar-refractivity contribution in [3.8, 4) is 23.1 Å². The molecule has 3 aromatic heterocycles. The highest BCUT2D eigenvalue weighted by molar-refractivity contribution is 5.95. The molecule has 1 aliphatic heterocycles. The zero-order valence-corrected chi connectivity index (χ0v) is 22.5. The fourth-order valence-electron chi connectivity index (χ4n) is 4.69. The molecule has 0 saturated carbocycles. The maximum Gasteiger partial charge on any atom is 0.238 e. The Morgan fingerprint density at radius 3 is 2.61 bits per heavy atom. The topological polar surface area (TPSA) is 111 Å². The average Bonchev–Trinajstić information content (AvgIpc) is 3.45. The Morgan fingerprint density at radius 2 is 1.83 bits per heavy atom. The molecule has 12 heteroatoms. The number of nitrogens with zero attached hydrogens (tertiary/aromatic N) is 5. The molecular formula is C29H28F2N8O2. The van der Waals surface area contributed by atoms with Crippen LogP contribution in [0.25, 0.3) is 16.6 Å². The molecule has 1 saturated heterocycles. The number of fused-ring (bicyclic) bond motifs is 1. The molecule has 0 atom stereocenters. The van der Waals surface area contributed by atoms with Crippen molar-refractivity contribution in [3.63, 3.8) is 0 Å². The van der Waals surface area contributed by atoms with Crippen molar-refractivity contribution in [3.05, 3.63) is 78.5 Å². The molecule has 210 valence electrons. The van der Waals surface area contributed by atoms with Gasteiger partial charge in [-0.1, -0.05) is 0 Å². The van der Waals surface area contributed by atoms with Crippen molar-refractivity contribution in [2.24, 2.45) is 0 Å². The van der Waals surface area contributed by atoms with Crippen LogP contribution >= 0.6 is 0 Å². The lowest BCUT2D eigenvalue weighted by Gasteiger charge is -2.25. The van der Waals surface area contributed by atoms with E-state index in [1.807, 2.05) is 12.1 Å². The van der Waals surface area contributed by atoms with Gasteiger partial charge in [-0.15, -0.1) is 5.10 Å². The molecule has 0 aliphatic carbocycles. The van der Waals surface area contributed by atoms with Crippen molar-refractivity contribution in [1.82, 2.24) is 30.0 Å². The van der Waals surface area contributed by atoms with Crippen LogP contribution in [0.4, 0.5) is 26.0 Å². The van der Waals surface area contributed by atoms with E-state index in [2.05, 4.69) is 36.0 Å². The number of piperidine rings is 1. The molecule has 1 fully saturated rings. The van der Waals surface area contributed by atoms with Gasteiger partial charge in [0.2, 0.25) is 5.88 Å². The second-order valence-electron chi connectivity index (χ2n) is 9.69. The number of hydrogen-bond donors (Lipinski definition) is 3. The number of anilines is 3. The van der Waals surface area contributed by atoms with Crippen molar-refractivity contribution in [2.75, 3.05) is 30.8 Å². The summed E-state index contributed by atoms with van der Waals surface area (Å²) >= 11 is 0. The number of aryl methyl sites for hydroxylation is 1. The first kappa shape index (κ1) is 26.4. The van der Waals surface area contributed by atoms with Crippen LogP contribution in [-0.2, 0) is 0 Å². The minimum atomic E-state index is -0.542. The van der Waals surface area contributed by atoms with E-state index in [1.165, 1.54) is 29.3 Å². The summed E-state index contributed by atoms with van der Waals surface area (Å²) in [5.74, 6) is 0.624. The fraction of sp³-hybridized carbons (Fsp3) is 0.241. The zero-order chi connectivity index (χ0) is 28.3. The number of methoxy groups -OCH3 is 1. The molecule has 0 bridgehead atoms. The summed E-state index contributed by atoms with van der Waals surface area (Å²) in [6.45, 7) is 3.49. The van der Waals surface area contributed by atoms with Crippen molar-refractivity contribution in [1.29, 1.82) is 0 Å². The number of nitrogens with one attached hydrogen (secondary N) is 3. The minimum Gasteiger partial charge on any atom is -0.495 e. The Morgan fingerprint density at radius 1 is 0.976 bits per heavy atom. The van der Waals surface area contributed by atoms with Crippen molar-refractivity contribution in [2.45, 2.75) is 25.8 Å². The van der Waals surface area contributed by atoms with Crippen LogP contribution in [-0.4, -0.2) is 51.0 Å². The fourth-order valence-corrected chi connectivity index (χ4v) is 4.69. The maximum absolute atomic E-state index is 15.2. The molecule has 0 amide bonds. The lowest BCUT2D eigenvalue weighted by molar-refractivity contribution is 0.414. The van der Waals surface area contributed by atoms with E-state index in [1.54, 1.807) is 38.4 Å². The average molecular weight is 559 g/mol. The van der Waals surface area contributed by atoms with Gasteiger partial charge >= 0.3 is 0 Å². The minimum absolute atomic E-state index is 0.216. The van der Waals surface area contributed by atoms with E-state index in [0.717, 1.165) is 37.0 Å². The number of hydrogen-bond acceptors (Lipinski definition) is 9. The molecule has 4 heterocycles. The zero-order valence-electron chi connectivity index (χ0n) is 22.5. The third kappa shape index (κ3) is 5.73. The van der Waals surface area contributed by atoms with E-state index in [4.69, 9.17) is 9.47 Å². The first-order valence-corrected chi connectivity index (χ1v) is 13.2. The van der Waals surface area contributed by atoms with Crippen LogP contribution in [0.1, 0.15) is 18.5 Å². The Hall–Kier alpha value is -4.84. The molecule has 10 nitrogen and oxygen atoms in total. The highest BCUT2D eigenvalue weighted by Gasteiger charge is 2.17. The van der Waals surface area contributed by atoms with Crippen LogP contribution in [0.5, 0.6) is 17.4 Å². The van der Waals surface area contributed by atoms with E-state index in [0.29, 0.717) is 34.5 Å². The van der Waals surface area contributed by atoms with E-state index < -0.39 is 11.6 Å². The van der Waals surface area contributed by atoms with Gasteiger partial charge in [-0.25, -0.2) is 23.4 Å². The lowest BCUT2D eigenvalue weighted by atomic mass is 10.1. The Bertz CT molecular complexity index is 1700. The van der Waals surface area contributed by atoms with Gasteiger partial charge < -0.3 is 25.4 Å². The predicted octanol–water partition coefficient (Wildman–Crippen LogP) is 5.51. The Labute approximate surface area is 234 Å². The second kappa shape index (κ2) is 11.3. The van der Waals surface area contributed by atoms with Gasteiger partial charge in [0.25, 0.3) is 0 Å². The second-order valence-corrected chi connectivity index (χ2v) is 9.69.